The number of fused-ring (bicyclic) bond motifs is 1. The normalized spacial score (nSPS) is 23.3. The van der Waals surface area contributed by atoms with Crippen molar-refractivity contribution in [2.45, 2.75) is 31.8 Å². The first-order valence-electron chi connectivity index (χ1n) is 7.26. The second-order valence-electron chi connectivity index (χ2n) is 5.86. The summed E-state index contributed by atoms with van der Waals surface area (Å²) in [6.07, 6.45) is 2.19. The summed E-state index contributed by atoms with van der Waals surface area (Å²) in [5.41, 5.74) is 1.01. The molecule has 2 atom stereocenters. The van der Waals surface area contributed by atoms with Gasteiger partial charge in [-0.05, 0) is 45.0 Å². The van der Waals surface area contributed by atoms with E-state index >= 15 is 0 Å². The van der Waals surface area contributed by atoms with Gasteiger partial charge in [0.1, 0.15) is 0 Å². The Bertz CT molecular complexity index is 764. The standard InChI is InChI=1S/C15H20N4O2/c1-9-7-11(5-6-19(9)2)16-10-3-4-12-13(8-10)18-15(21)14(20)17-12/h3-4,8-9,11,16H,5-7H2,1-2H3,(H,17,20)(H,18,21). The first kappa shape index (κ1) is 13.9. The monoisotopic (exact) mass is 288 g/mol. The maximum Gasteiger partial charge on any atom is 0.314 e. The van der Waals surface area contributed by atoms with Gasteiger partial charge in [-0.15, -0.1) is 0 Å². The van der Waals surface area contributed by atoms with Gasteiger partial charge in [0.25, 0.3) is 0 Å². The minimum absolute atomic E-state index is 0.433. The van der Waals surface area contributed by atoms with Gasteiger partial charge >= 0.3 is 11.1 Å². The van der Waals surface area contributed by atoms with E-state index < -0.39 is 11.1 Å². The highest BCUT2D eigenvalue weighted by Crippen LogP contribution is 2.21. The van der Waals surface area contributed by atoms with E-state index in [1.165, 1.54) is 0 Å². The summed E-state index contributed by atoms with van der Waals surface area (Å²) < 4.78 is 0. The Morgan fingerprint density at radius 3 is 2.62 bits per heavy atom. The number of aromatic amines is 2. The fourth-order valence-corrected chi connectivity index (χ4v) is 2.86. The Balaban J connectivity index is 1.83. The van der Waals surface area contributed by atoms with E-state index in [0.717, 1.165) is 25.1 Å². The van der Waals surface area contributed by atoms with Gasteiger partial charge in [-0.1, -0.05) is 0 Å². The molecule has 0 spiro atoms. The summed E-state index contributed by atoms with van der Waals surface area (Å²) >= 11 is 0. The van der Waals surface area contributed by atoms with Crippen LogP contribution in [-0.2, 0) is 0 Å². The molecule has 1 aromatic heterocycles. The van der Waals surface area contributed by atoms with Gasteiger partial charge in [-0.3, -0.25) is 9.59 Å². The van der Waals surface area contributed by atoms with Gasteiger partial charge < -0.3 is 20.2 Å². The zero-order valence-corrected chi connectivity index (χ0v) is 12.3. The highest BCUT2D eigenvalue weighted by Gasteiger charge is 2.22. The molecule has 1 aliphatic rings. The highest BCUT2D eigenvalue weighted by atomic mass is 16.2. The predicted octanol–water partition coefficient (Wildman–Crippen LogP) is 1.11. The first-order valence-corrected chi connectivity index (χ1v) is 7.26. The molecule has 2 aromatic rings. The van der Waals surface area contributed by atoms with Crippen LogP contribution in [0, 0.1) is 0 Å². The number of nitrogens with zero attached hydrogens (tertiary/aromatic N) is 1. The molecule has 6 nitrogen and oxygen atoms in total. The van der Waals surface area contributed by atoms with Crippen molar-refractivity contribution in [3.63, 3.8) is 0 Å². The lowest BCUT2D eigenvalue weighted by Gasteiger charge is -2.35. The molecule has 0 radical (unpaired) electrons. The molecule has 1 saturated heterocycles. The molecule has 112 valence electrons. The lowest BCUT2D eigenvalue weighted by Crippen LogP contribution is -2.42. The molecular weight excluding hydrogens is 268 g/mol. The van der Waals surface area contributed by atoms with Crippen LogP contribution in [-0.4, -0.2) is 40.5 Å². The molecule has 3 N–H and O–H groups in total. The molecule has 0 aliphatic carbocycles. The Hall–Kier alpha value is -2.08. The number of piperidine rings is 1. The Labute approximate surface area is 122 Å². The summed E-state index contributed by atoms with van der Waals surface area (Å²) in [5, 5.41) is 3.52. The van der Waals surface area contributed by atoms with E-state index in [1.54, 1.807) is 0 Å². The molecule has 6 heteroatoms. The van der Waals surface area contributed by atoms with Gasteiger partial charge in [0, 0.05) is 24.3 Å². The largest absolute Gasteiger partial charge is 0.382 e. The smallest absolute Gasteiger partial charge is 0.314 e. The summed E-state index contributed by atoms with van der Waals surface area (Å²) in [6, 6.07) is 6.61. The van der Waals surface area contributed by atoms with Crippen LogP contribution < -0.4 is 16.4 Å². The summed E-state index contributed by atoms with van der Waals surface area (Å²) in [6.45, 7) is 3.31. The minimum Gasteiger partial charge on any atom is -0.382 e. The number of hydrogen-bond donors (Lipinski definition) is 3. The lowest BCUT2D eigenvalue weighted by molar-refractivity contribution is 0.190. The zero-order valence-electron chi connectivity index (χ0n) is 12.3. The van der Waals surface area contributed by atoms with Crippen molar-refractivity contribution in [3.05, 3.63) is 38.9 Å². The van der Waals surface area contributed by atoms with E-state index in [4.69, 9.17) is 0 Å². The number of hydrogen-bond acceptors (Lipinski definition) is 4. The van der Waals surface area contributed by atoms with Crippen molar-refractivity contribution in [1.82, 2.24) is 14.9 Å². The molecule has 0 saturated carbocycles. The summed E-state index contributed by atoms with van der Waals surface area (Å²) in [7, 11) is 2.15. The lowest BCUT2D eigenvalue weighted by atomic mass is 9.98. The molecule has 1 fully saturated rings. The van der Waals surface area contributed by atoms with Crippen molar-refractivity contribution in [2.75, 3.05) is 18.9 Å². The molecular formula is C15H20N4O2. The van der Waals surface area contributed by atoms with E-state index in [0.29, 0.717) is 23.1 Å². The molecule has 3 rings (SSSR count). The third kappa shape index (κ3) is 2.85. The Morgan fingerprint density at radius 2 is 1.90 bits per heavy atom. The molecule has 2 unspecified atom stereocenters. The number of likely N-dealkylation sites (tertiary alicyclic amines) is 1. The third-order valence-corrected chi connectivity index (χ3v) is 4.30. The fourth-order valence-electron chi connectivity index (χ4n) is 2.86. The Morgan fingerprint density at radius 1 is 1.19 bits per heavy atom. The average molecular weight is 288 g/mol. The van der Waals surface area contributed by atoms with Crippen LogP contribution in [0.1, 0.15) is 19.8 Å². The van der Waals surface area contributed by atoms with E-state index in [-0.39, 0.29) is 0 Å². The summed E-state index contributed by atoms with van der Waals surface area (Å²) in [5.74, 6) is 0. The zero-order chi connectivity index (χ0) is 15.0. The van der Waals surface area contributed by atoms with Crippen LogP contribution in [0.15, 0.2) is 27.8 Å². The Kier molecular flexibility index (Phi) is 3.55. The molecule has 0 amide bonds. The second-order valence-corrected chi connectivity index (χ2v) is 5.86. The van der Waals surface area contributed by atoms with Crippen molar-refractivity contribution in [2.24, 2.45) is 0 Å². The predicted molar refractivity (Wildman–Crippen MR) is 83.9 cm³/mol. The number of H-pyrrole nitrogens is 2. The van der Waals surface area contributed by atoms with Crippen LogP contribution in [0.3, 0.4) is 0 Å². The van der Waals surface area contributed by atoms with Crippen LogP contribution in [0.5, 0.6) is 0 Å². The maximum atomic E-state index is 11.4. The number of nitrogens with one attached hydrogen (secondary N) is 3. The molecule has 2 heterocycles. The van der Waals surface area contributed by atoms with Gasteiger partial charge in [-0.2, -0.15) is 0 Å². The van der Waals surface area contributed by atoms with Gasteiger partial charge in [0.2, 0.25) is 0 Å². The SMILES string of the molecule is CC1CC(Nc2ccc3[nH]c(=O)c(=O)[nH]c3c2)CCN1C. The highest BCUT2D eigenvalue weighted by molar-refractivity contribution is 5.78. The molecule has 1 aromatic carbocycles. The summed E-state index contributed by atoms with van der Waals surface area (Å²) in [4.78, 5) is 30.2. The number of benzene rings is 1. The van der Waals surface area contributed by atoms with Crippen LogP contribution in [0.25, 0.3) is 11.0 Å². The topological polar surface area (TPSA) is 81.0 Å². The minimum atomic E-state index is -0.618. The maximum absolute atomic E-state index is 11.4. The quantitative estimate of drug-likeness (QED) is 0.723. The van der Waals surface area contributed by atoms with Gasteiger partial charge in [-0.25, -0.2) is 0 Å². The average Bonchev–Trinajstić information content (AvgIpc) is 2.44. The number of rotatable bonds is 2. The number of aromatic nitrogens is 2. The van der Waals surface area contributed by atoms with Crippen molar-refractivity contribution >= 4 is 16.7 Å². The van der Waals surface area contributed by atoms with Crippen molar-refractivity contribution in [3.8, 4) is 0 Å². The van der Waals surface area contributed by atoms with E-state index in [9.17, 15) is 9.59 Å². The van der Waals surface area contributed by atoms with Gasteiger partial charge in [0.15, 0.2) is 0 Å². The van der Waals surface area contributed by atoms with Gasteiger partial charge in [0.05, 0.1) is 11.0 Å². The first-order chi connectivity index (χ1) is 10.0. The van der Waals surface area contributed by atoms with E-state index in [1.807, 2.05) is 18.2 Å². The van der Waals surface area contributed by atoms with Crippen molar-refractivity contribution in [1.29, 1.82) is 0 Å². The van der Waals surface area contributed by atoms with Crippen molar-refractivity contribution < 1.29 is 0 Å². The van der Waals surface area contributed by atoms with E-state index in [2.05, 4.69) is 34.2 Å². The van der Waals surface area contributed by atoms with Crippen LogP contribution in [0.2, 0.25) is 0 Å². The molecule has 0 bridgehead atoms. The molecule has 1 aliphatic heterocycles. The molecule has 21 heavy (non-hydrogen) atoms. The fraction of sp³-hybridized carbons (Fsp3) is 0.467. The second kappa shape index (κ2) is 5.37. The van der Waals surface area contributed by atoms with Crippen LogP contribution >= 0.6 is 0 Å². The third-order valence-electron chi connectivity index (χ3n) is 4.30. The number of anilines is 1. The van der Waals surface area contributed by atoms with Crippen LogP contribution in [0.4, 0.5) is 5.69 Å².